The fraction of sp³-hybridized carbons (Fsp3) is 0.273. The van der Waals surface area contributed by atoms with Crippen molar-refractivity contribution in [2.75, 3.05) is 6.16 Å². The van der Waals surface area contributed by atoms with Gasteiger partial charge in [-0.1, -0.05) is 0 Å². The number of hydrogen-bond acceptors (Lipinski definition) is 0. The fourth-order valence-electron chi connectivity index (χ4n) is 5.86. The van der Waals surface area contributed by atoms with Crippen molar-refractivity contribution < 1.29 is 0 Å². The molecule has 0 spiro atoms. The van der Waals surface area contributed by atoms with Crippen LogP contribution in [0.15, 0.2) is 126 Å². The molecule has 3 aromatic carbocycles. The number of rotatable bonds is 7. The Hall–Kier alpha value is -2.40. The monoisotopic (exact) mass is 501 g/mol. The van der Waals surface area contributed by atoms with E-state index < -0.39 is 5.96 Å². The molecule has 0 aliphatic heterocycles. The first-order chi connectivity index (χ1) is 16.8. The Kier molecular flexibility index (Phi) is 7.56. The average molecular weight is 502 g/mol. The van der Waals surface area contributed by atoms with Gasteiger partial charge in [-0.15, -0.1) is 0 Å². The Labute approximate surface area is 217 Å². The quantitative estimate of drug-likeness (QED) is 0.225. The maximum absolute atomic E-state index is 8.21. The summed E-state index contributed by atoms with van der Waals surface area (Å²) in [6, 6.07) is 32.3. The standard InChI is InChI=1S/C33H39ClP/c1-27(22-23-32-28(2)15-14-25-33(32,3)4)24-26-35(34,29-16-8-5-9-17-29,30-18-10-6-11-19-30)31-20-12-7-13-21-31/h5-13,16-24,35H,14-15,25-26H2,1-4H3/q-1/b23-22+,27-24-. The van der Waals surface area contributed by atoms with E-state index in [2.05, 4.69) is 137 Å². The van der Waals surface area contributed by atoms with E-state index >= 15 is 0 Å². The van der Waals surface area contributed by atoms with E-state index in [1.165, 1.54) is 51.9 Å². The van der Waals surface area contributed by atoms with Gasteiger partial charge in [-0.25, -0.2) is 0 Å². The third-order valence-corrected chi connectivity index (χ3v) is 16.0. The number of allylic oxidation sites excluding steroid dienone is 6. The van der Waals surface area contributed by atoms with Gasteiger partial charge in [0.25, 0.3) is 0 Å². The maximum atomic E-state index is 8.21. The molecule has 1 aliphatic carbocycles. The second kappa shape index (κ2) is 10.3. The fourth-order valence-corrected chi connectivity index (χ4v) is 12.3. The van der Waals surface area contributed by atoms with Crippen molar-refractivity contribution >= 4 is 33.1 Å². The summed E-state index contributed by atoms with van der Waals surface area (Å²) in [4.78, 5) is 0. The molecule has 0 bridgehead atoms. The third-order valence-electron chi connectivity index (χ3n) is 7.99. The van der Waals surface area contributed by atoms with Gasteiger partial charge >= 0.3 is 218 Å². The van der Waals surface area contributed by atoms with Gasteiger partial charge < -0.3 is 0 Å². The molecule has 0 saturated heterocycles. The van der Waals surface area contributed by atoms with Gasteiger partial charge in [0.2, 0.25) is 0 Å². The summed E-state index contributed by atoms with van der Waals surface area (Å²) in [6.07, 6.45) is 11.6. The summed E-state index contributed by atoms with van der Waals surface area (Å²) in [6.45, 7) is 9.26. The molecule has 0 unspecified atom stereocenters. The summed E-state index contributed by atoms with van der Waals surface area (Å²) in [5.74, 6) is -3.60. The molecule has 2 heteroatoms. The number of hydrogen-bond donors (Lipinski definition) is 0. The van der Waals surface area contributed by atoms with E-state index in [4.69, 9.17) is 11.2 Å². The average Bonchev–Trinajstić information content (AvgIpc) is 2.88. The molecule has 184 valence electrons. The molecule has 0 radical (unpaired) electrons. The number of benzene rings is 3. The first kappa shape index (κ1) is 25.7. The van der Waals surface area contributed by atoms with Crippen LogP contribution in [0.4, 0.5) is 0 Å². The molecule has 3 aromatic rings. The first-order valence-electron chi connectivity index (χ1n) is 12.8. The van der Waals surface area contributed by atoms with Crippen molar-refractivity contribution in [1.29, 1.82) is 0 Å². The van der Waals surface area contributed by atoms with Crippen LogP contribution in [0, 0.1) is 5.41 Å². The van der Waals surface area contributed by atoms with Crippen LogP contribution in [-0.2, 0) is 0 Å². The first-order valence-corrected chi connectivity index (χ1v) is 16.6. The molecule has 0 N–H and O–H groups in total. The van der Waals surface area contributed by atoms with Gasteiger partial charge in [0.1, 0.15) is 0 Å². The Morgan fingerprint density at radius 1 is 0.829 bits per heavy atom. The van der Waals surface area contributed by atoms with Crippen LogP contribution in [0.25, 0.3) is 0 Å². The minimum absolute atomic E-state index is 0.240. The minimum atomic E-state index is -3.60. The Morgan fingerprint density at radius 2 is 1.29 bits per heavy atom. The van der Waals surface area contributed by atoms with E-state index in [0.717, 1.165) is 6.16 Å². The van der Waals surface area contributed by atoms with Crippen LogP contribution in [-0.4, -0.2) is 6.16 Å². The SMILES string of the molecule is CC1=C(/C=C/C(C)=C\C[PH-](Cl)(c2ccccc2)(c2ccccc2)c2ccccc2)C(C)(C)CCC1. The van der Waals surface area contributed by atoms with Crippen LogP contribution in [0.5, 0.6) is 0 Å². The molecule has 35 heavy (non-hydrogen) atoms. The van der Waals surface area contributed by atoms with Crippen LogP contribution in [0.3, 0.4) is 0 Å². The second-order valence-corrected chi connectivity index (χ2v) is 18.1. The molecule has 1 aliphatic rings. The Balaban J connectivity index is 1.84. The topological polar surface area (TPSA) is 0 Å². The predicted octanol–water partition coefficient (Wildman–Crippen LogP) is 8.43. The van der Waals surface area contributed by atoms with Crippen molar-refractivity contribution in [3.63, 3.8) is 0 Å². The zero-order valence-corrected chi connectivity index (χ0v) is 23.4. The van der Waals surface area contributed by atoms with Gasteiger partial charge in [0.15, 0.2) is 0 Å². The van der Waals surface area contributed by atoms with Gasteiger partial charge in [-0.05, 0) is 0 Å². The van der Waals surface area contributed by atoms with Crippen LogP contribution in [0.1, 0.15) is 47.0 Å². The van der Waals surface area contributed by atoms with Gasteiger partial charge in [0.05, 0.1) is 0 Å². The summed E-state index contributed by atoms with van der Waals surface area (Å²) < 4.78 is 0. The summed E-state index contributed by atoms with van der Waals surface area (Å²) in [5, 5.41) is 3.68. The second-order valence-electron chi connectivity index (χ2n) is 10.8. The molecule has 0 atom stereocenters. The van der Waals surface area contributed by atoms with Crippen LogP contribution in [0.2, 0.25) is 0 Å². The van der Waals surface area contributed by atoms with Gasteiger partial charge in [-0.3, -0.25) is 0 Å². The molecule has 0 fully saturated rings. The molecule has 0 heterocycles. The van der Waals surface area contributed by atoms with Gasteiger partial charge in [0, 0.05) is 0 Å². The summed E-state index contributed by atoms with van der Waals surface area (Å²) in [7, 11) is 0. The summed E-state index contributed by atoms with van der Waals surface area (Å²) in [5.41, 5.74) is 4.53. The molecule has 0 saturated carbocycles. The van der Waals surface area contributed by atoms with Crippen molar-refractivity contribution in [2.45, 2.75) is 47.0 Å². The normalized spacial score (nSPS) is 17.9. The van der Waals surface area contributed by atoms with E-state index in [-0.39, 0.29) is 5.41 Å². The molecular formula is C33H39ClP-. The Morgan fingerprint density at radius 3 is 1.71 bits per heavy atom. The van der Waals surface area contributed by atoms with E-state index in [1.807, 2.05) is 0 Å². The van der Waals surface area contributed by atoms with Crippen molar-refractivity contribution in [3.8, 4) is 0 Å². The van der Waals surface area contributed by atoms with Crippen molar-refractivity contribution in [2.24, 2.45) is 5.41 Å². The molecule has 4 rings (SSSR count). The van der Waals surface area contributed by atoms with Gasteiger partial charge in [-0.2, -0.15) is 0 Å². The molecule has 0 amide bonds. The van der Waals surface area contributed by atoms with Crippen molar-refractivity contribution in [1.82, 2.24) is 0 Å². The van der Waals surface area contributed by atoms with Crippen molar-refractivity contribution in [3.05, 3.63) is 126 Å². The molecule has 0 nitrogen and oxygen atoms in total. The molecule has 0 aromatic heterocycles. The predicted molar refractivity (Wildman–Crippen MR) is 160 cm³/mol. The zero-order valence-electron chi connectivity index (χ0n) is 21.6. The zero-order chi connectivity index (χ0) is 25.0. The van der Waals surface area contributed by atoms with Crippen LogP contribution >= 0.6 is 17.2 Å². The summed E-state index contributed by atoms with van der Waals surface area (Å²) >= 11 is 8.21. The van der Waals surface area contributed by atoms with E-state index in [0.29, 0.717) is 0 Å². The van der Waals surface area contributed by atoms with E-state index in [9.17, 15) is 0 Å². The Bertz CT molecular complexity index is 1130. The molecular weight excluding hydrogens is 463 g/mol. The van der Waals surface area contributed by atoms with E-state index in [1.54, 1.807) is 0 Å². The third kappa shape index (κ3) is 4.97. The van der Waals surface area contributed by atoms with Crippen LogP contribution < -0.4 is 15.9 Å². The number of halogens is 1.